The maximum atomic E-state index is 5.80. The Hall–Kier alpha value is -0.810. The van der Waals surface area contributed by atoms with Gasteiger partial charge < -0.3 is 11.5 Å². The highest BCUT2D eigenvalue weighted by Gasteiger charge is 2.15. The Bertz CT molecular complexity index is 326. The third-order valence-electron chi connectivity index (χ3n) is 2.08. The summed E-state index contributed by atoms with van der Waals surface area (Å²) in [6.45, 7) is 0.366. The van der Waals surface area contributed by atoms with Crippen LogP contribution in [0.4, 0.5) is 5.82 Å². The first-order chi connectivity index (χ1) is 6.31. The van der Waals surface area contributed by atoms with Gasteiger partial charge in [-0.25, -0.2) is 9.97 Å². The van der Waals surface area contributed by atoms with Gasteiger partial charge >= 0.3 is 0 Å². The zero-order chi connectivity index (χ0) is 9.26. The van der Waals surface area contributed by atoms with Crippen molar-refractivity contribution in [2.24, 2.45) is 5.73 Å². The molecule has 0 aliphatic carbocycles. The van der Waals surface area contributed by atoms with Gasteiger partial charge in [-0.3, -0.25) is 0 Å². The van der Waals surface area contributed by atoms with Crippen molar-refractivity contribution in [3.8, 4) is 0 Å². The molecule has 4 nitrogen and oxygen atoms in total. The van der Waals surface area contributed by atoms with E-state index in [-0.39, 0.29) is 0 Å². The summed E-state index contributed by atoms with van der Waals surface area (Å²) in [4.78, 5) is 8.50. The van der Waals surface area contributed by atoms with Crippen molar-refractivity contribution in [3.63, 3.8) is 0 Å². The summed E-state index contributed by atoms with van der Waals surface area (Å²) in [7, 11) is 0. The molecule has 13 heavy (non-hydrogen) atoms. The molecule has 2 rings (SSSR count). The van der Waals surface area contributed by atoms with E-state index in [2.05, 4.69) is 9.97 Å². The number of rotatable bonds is 1. The lowest BCUT2D eigenvalue weighted by atomic mass is 10.2. The highest BCUT2D eigenvalue weighted by Crippen LogP contribution is 2.26. The van der Waals surface area contributed by atoms with Crippen LogP contribution in [0.25, 0.3) is 0 Å². The summed E-state index contributed by atoms with van der Waals surface area (Å²) < 4.78 is 0. The van der Waals surface area contributed by atoms with Crippen molar-refractivity contribution < 1.29 is 0 Å². The quantitative estimate of drug-likeness (QED) is 0.675. The van der Waals surface area contributed by atoms with E-state index >= 15 is 0 Å². The fourth-order valence-electron chi connectivity index (χ4n) is 1.40. The van der Waals surface area contributed by atoms with Crippen LogP contribution in [0.2, 0.25) is 0 Å². The zero-order valence-corrected chi connectivity index (χ0v) is 8.10. The molecule has 0 aromatic carbocycles. The van der Waals surface area contributed by atoms with E-state index in [1.807, 2.05) is 11.8 Å². The maximum Gasteiger partial charge on any atom is 0.144 e. The molecule has 5 heteroatoms. The molecule has 1 aromatic rings. The van der Waals surface area contributed by atoms with Crippen molar-refractivity contribution in [1.29, 1.82) is 0 Å². The van der Waals surface area contributed by atoms with Gasteiger partial charge in [0.2, 0.25) is 0 Å². The number of fused-ring (bicyclic) bond motifs is 1. The van der Waals surface area contributed by atoms with E-state index in [9.17, 15) is 0 Å². The lowest BCUT2D eigenvalue weighted by Gasteiger charge is -2.16. The van der Waals surface area contributed by atoms with Crippen LogP contribution >= 0.6 is 11.8 Å². The van der Waals surface area contributed by atoms with Crippen molar-refractivity contribution in [3.05, 3.63) is 17.1 Å². The van der Waals surface area contributed by atoms with Gasteiger partial charge in [-0.2, -0.15) is 11.8 Å². The average Bonchev–Trinajstić information content (AvgIpc) is 2.18. The molecule has 2 heterocycles. The summed E-state index contributed by atoms with van der Waals surface area (Å²) in [6.07, 6.45) is 0.986. The molecule has 4 N–H and O–H groups in total. The van der Waals surface area contributed by atoms with Crippen LogP contribution in [-0.4, -0.2) is 15.7 Å². The minimum atomic E-state index is 0.366. The number of nitrogens with zero attached hydrogens (tertiary/aromatic N) is 2. The molecular formula is C8H12N4S. The van der Waals surface area contributed by atoms with Crippen molar-refractivity contribution in [2.75, 3.05) is 11.5 Å². The molecule has 1 aliphatic rings. The predicted molar refractivity (Wildman–Crippen MR) is 54.2 cm³/mol. The molecular weight excluding hydrogens is 184 g/mol. The largest absolute Gasteiger partial charge is 0.383 e. The van der Waals surface area contributed by atoms with Crippen LogP contribution in [0, 0.1) is 0 Å². The molecule has 0 bridgehead atoms. The molecule has 0 fully saturated rings. The normalized spacial score (nSPS) is 15.5. The van der Waals surface area contributed by atoms with Crippen LogP contribution in [0.3, 0.4) is 0 Å². The van der Waals surface area contributed by atoms with Crippen LogP contribution in [0.15, 0.2) is 0 Å². The molecule has 0 atom stereocenters. The molecule has 0 radical (unpaired) electrons. The number of aromatic nitrogens is 2. The Labute approximate surface area is 81.1 Å². The minimum absolute atomic E-state index is 0.366. The highest BCUT2D eigenvalue weighted by molar-refractivity contribution is 7.98. The lowest BCUT2D eigenvalue weighted by molar-refractivity contribution is 0.855. The van der Waals surface area contributed by atoms with Crippen molar-refractivity contribution in [1.82, 2.24) is 9.97 Å². The van der Waals surface area contributed by atoms with Crippen molar-refractivity contribution >= 4 is 17.6 Å². The lowest BCUT2D eigenvalue weighted by Crippen LogP contribution is -2.14. The summed E-state index contributed by atoms with van der Waals surface area (Å²) in [5, 5.41) is 0. The Balaban J connectivity index is 2.47. The van der Waals surface area contributed by atoms with E-state index in [0.29, 0.717) is 18.2 Å². The monoisotopic (exact) mass is 196 g/mol. The SMILES string of the molecule is NCc1nc(N)c2c(n1)CCSC2. The van der Waals surface area contributed by atoms with Crippen LogP contribution in [0.5, 0.6) is 0 Å². The van der Waals surface area contributed by atoms with Gasteiger partial charge in [0.1, 0.15) is 11.6 Å². The molecule has 1 aromatic heterocycles. The molecule has 0 spiro atoms. The molecule has 1 aliphatic heterocycles. The van der Waals surface area contributed by atoms with Gasteiger partial charge in [-0.05, 0) is 12.2 Å². The van der Waals surface area contributed by atoms with Gasteiger partial charge in [-0.1, -0.05) is 0 Å². The van der Waals surface area contributed by atoms with Gasteiger partial charge in [0.15, 0.2) is 0 Å². The first kappa shape index (κ1) is 8.77. The minimum Gasteiger partial charge on any atom is -0.383 e. The number of aryl methyl sites for hydroxylation is 1. The summed E-state index contributed by atoms with van der Waals surface area (Å²) in [5.41, 5.74) is 13.5. The van der Waals surface area contributed by atoms with E-state index in [1.54, 1.807) is 0 Å². The fraction of sp³-hybridized carbons (Fsp3) is 0.500. The van der Waals surface area contributed by atoms with Crippen molar-refractivity contribution in [2.45, 2.75) is 18.7 Å². The molecule has 70 valence electrons. The second-order valence-corrected chi connectivity index (χ2v) is 4.06. The Morgan fingerprint density at radius 1 is 1.38 bits per heavy atom. The van der Waals surface area contributed by atoms with Crippen LogP contribution < -0.4 is 11.5 Å². The maximum absolute atomic E-state index is 5.80. The third-order valence-corrected chi connectivity index (χ3v) is 3.07. The first-order valence-corrected chi connectivity index (χ1v) is 5.38. The summed E-state index contributed by atoms with van der Waals surface area (Å²) in [6, 6.07) is 0. The molecule has 0 saturated heterocycles. The highest BCUT2D eigenvalue weighted by atomic mass is 32.2. The predicted octanol–water partition coefficient (Wildman–Crippen LogP) is 0.307. The van der Waals surface area contributed by atoms with Gasteiger partial charge in [0.25, 0.3) is 0 Å². The Kier molecular flexibility index (Phi) is 2.37. The smallest absolute Gasteiger partial charge is 0.144 e. The second-order valence-electron chi connectivity index (χ2n) is 2.96. The van der Waals surface area contributed by atoms with Gasteiger partial charge in [-0.15, -0.1) is 0 Å². The molecule has 0 saturated carbocycles. The zero-order valence-electron chi connectivity index (χ0n) is 7.29. The average molecular weight is 196 g/mol. The van der Waals surface area contributed by atoms with Gasteiger partial charge in [0.05, 0.1) is 12.2 Å². The molecule has 0 unspecified atom stereocenters. The Morgan fingerprint density at radius 2 is 2.23 bits per heavy atom. The summed E-state index contributed by atoms with van der Waals surface area (Å²) >= 11 is 1.87. The first-order valence-electron chi connectivity index (χ1n) is 4.23. The number of hydrogen-bond acceptors (Lipinski definition) is 5. The van der Waals surface area contributed by atoms with Crippen LogP contribution in [0.1, 0.15) is 17.1 Å². The second kappa shape index (κ2) is 3.51. The standard InChI is InChI=1S/C8H12N4S/c9-3-7-11-6-1-2-13-4-5(6)8(10)12-7/h1-4,9H2,(H2,10,11,12). The summed E-state index contributed by atoms with van der Waals surface area (Å²) in [5.74, 6) is 3.32. The van der Waals surface area contributed by atoms with E-state index < -0.39 is 0 Å². The number of nitrogen functional groups attached to an aromatic ring is 1. The van der Waals surface area contributed by atoms with Crippen LogP contribution in [-0.2, 0) is 18.7 Å². The third kappa shape index (κ3) is 1.62. The topological polar surface area (TPSA) is 77.8 Å². The van der Waals surface area contributed by atoms with Gasteiger partial charge in [0, 0.05) is 11.3 Å². The Morgan fingerprint density at radius 3 is 3.00 bits per heavy atom. The van der Waals surface area contributed by atoms with E-state index in [4.69, 9.17) is 11.5 Å². The van der Waals surface area contributed by atoms with E-state index in [1.165, 1.54) is 0 Å². The van der Waals surface area contributed by atoms with E-state index in [0.717, 1.165) is 29.2 Å². The number of hydrogen-bond donors (Lipinski definition) is 2. The fourth-order valence-corrected chi connectivity index (χ4v) is 2.40. The molecule has 0 amide bonds. The number of anilines is 1. The number of nitrogens with two attached hydrogens (primary N) is 2. The number of thioether (sulfide) groups is 1.